The fourth-order valence-corrected chi connectivity index (χ4v) is 3.41. The number of carbonyl (C=O) groups excluding carboxylic acids is 1. The molecule has 0 N–H and O–H groups in total. The van der Waals surface area contributed by atoms with Gasteiger partial charge in [0.05, 0.1) is 30.2 Å². The molecule has 3 aromatic heterocycles. The fourth-order valence-electron chi connectivity index (χ4n) is 3.41. The van der Waals surface area contributed by atoms with E-state index in [4.69, 9.17) is 4.84 Å². The van der Waals surface area contributed by atoms with Crippen LogP contribution in [0, 0.1) is 0 Å². The van der Waals surface area contributed by atoms with Crippen LogP contribution < -0.4 is 0 Å². The molecule has 0 aliphatic rings. The highest BCUT2D eigenvalue weighted by Gasteiger charge is 2.27. The number of oxime groups is 1. The molecule has 3 heterocycles. The Kier molecular flexibility index (Phi) is 7.01. The van der Waals surface area contributed by atoms with E-state index in [1.807, 2.05) is 47.0 Å². The number of hydrogen-bond donors (Lipinski definition) is 0. The third kappa shape index (κ3) is 6.28. The van der Waals surface area contributed by atoms with Crippen LogP contribution in [0.1, 0.15) is 29.7 Å². The Bertz CT molecular complexity index is 1300. The maximum atomic E-state index is 12.4. The van der Waals surface area contributed by atoms with E-state index >= 15 is 0 Å². The van der Waals surface area contributed by atoms with Crippen molar-refractivity contribution in [2.45, 2.75) is 32.0 Å². The van der Waals surface area contributed by atoms with Crippen LogP contribution in [0.3, 0.4) is 0 Å². The van der Waals surface area contributed by atoms with E-state index in [1.165, 1.54) is 0 Å². The summed E-state index contributed by atoms with van der Waals surface area (Å²) in [6.45, 7) is 0.266. The van der Waals surface area contributed by atoms with Crippen molar-refractivity contribution in [2.24, 2.45) is 5.16 Å². The lowest BCUT2D eigenvalue weighted by Crippen LogP contribution is -2.12. The maximum absolute atomic E-state index is 12.4. The van der Waals surface area contributed by atoms with Crippen LogP contribution in [0.15, 0.2) is 78.3 Å². The first-order valence-corrected chi connectivity index (χ1v) is 10.6. The molecule has 0 saturated heterocycles. The van der Waals surface area contributed by atoms with Crippen LogP contribution in [0.5, 0.6) is 0 Å². The zero-order chi connectivity index (χ0) is 24.0. The zero-order valence-electron chi connectivity index (χ0n) is 18.1. The lowest BCUT2D eigenvalue weighted by molar-refractivity contribution is -0.143. The molecule has 0 spiro atoms. The Labute approximate surface area is 193 Å². The van der Waals surface area contributed by atoms with Gasteiger partial charge >= 0.3 is 6.18 Å². The van der Waals surface area contributed by atoms with Crippen molar-refractivity contribution in [1.82, 2.24) is 14.4 Å². The van der Waals surface area contributed by atoms with Gasteiger partial charge in [-0.3, -0.25) is 14.2 Å². The number of fused-ring (bicyclic) bond motifs is 1. The average molecular weight is 466 g/mol. The lowest BCUT2D eigenvalue weighted by atomic mass is 10.0. The minimum Gasteiger partial charge on any atom is -0.389 e. The van der Waals surface area contributed by atoms with Gasteiger partial charge in [-0.15, -0.1) is 0 Å². The van der Waals surface area contributed by atoms with E-state index in [9.17, 15) is 18.0 Å². The number of hydrogen-bond acceptors (Lipinski definition) is 5. The Hall–Kier alpha value is -4.01. The number of carbonyl (C=O) groups is 1. The molecular weight excluding hydrogens is 445 g/mol. The molecule has 0 amide bonds. The van der Waals surface area contributed by atoms with E-state index in [0.717, 1.165) is 22.5 Å². The standard InChI is InChI=1S/C25H21F3N4O2/c26-25(27,28)9-7-22(33)13-18-4-3-5-20(12-18)23-16-30-24-14-19(8-11-32(23)24)15-31-34-17-21-6-1-2-10-29-21/h1-6,8,10-12,14-16H,7,9,13,17H2/b31-15-. The second-order valence-corrected chi connectivity index (χ2v) is 7.69. The molecule has 1 aromatic carbocycles. The molecule has 6 nitrogen and oxygen atoms in total. The maximum Gasteiger partial charge on any atom is 0.389 e. The van der Waals surface area contributed by atoms with Crippen LogP contribution in [0.4, 0.5) is 13.2 Å². The topological polar surface area (TPSA) is 68.8 Å². The molecule has 0 fully saturated rings. The van der Waals surface area contributed by atoms with Gasteiger partial charge in [0.25, 0.3) is 0 Å². The molecule has 4 aromatic rings. The smallest absolute Gasteiger partial charge is 0.389 e. The van der Waals surface area contributed by atoms with Crippen molar-refractivity contribution in [2.75, 3.05) is 0 Å². The first kappa shape index (κ1) is 23.2. The summed E-state index contributed by atoms with van der Waals surface area (Å²) >= 11 is 0. The number of alkyl halides is 3. The van der Waals surface area contributed by atoms with Gasteiger partial charge in [0, 0.05) is 36.4 Å². The summed E-state index contributed by atoms with van der Waals surface area (Å²) in [5, 5.41) is 3.97. The lowest BCUT2D eigenvalue weighted by Gasteiger charge is -2.07. The van der Waals surface area contributed by atoms with Gasteiger partial charge < -0.3 is 4.84 Å². The summed E-state index contributed by atoms with van der Waals surface area (Å²) in [6, 6.07) is 16.4. The molecule has 9 heteroatoms. The molecule has 0 saturated carbocycles. The van der Waals surface area contributed by atoms with Gasteiger partial charge in [-0.2, -0.15) is 13.2 Å². The normalized spacial score (nSPS) is 11.9. The van der Waals surface area contributed by atoms with Crippen molar-refractivity contribution in [3.63, 3.8) is 0 Å². The highest BCUT2D eigenvalue weighted by atomic mass is 19.4. The molecule has 0 aliphatic carbocycles. The van der Waals surface area contributed by atoms with Crippen molar-refractivity contribution in [3.05, 3.63) is 90.0 Å². The monoisotopic (exact) mass is 466 g/mol. The van der Waals surface area contributed by atoms with Crippen LogP contribution in [0.2, 0.25) is 0 Å². The Morgan fingerprint density at radius 1 is 1.09 bits per heavy atom. The van der Waals surface area contributed by atoms with Crippen molar-refractivity contribution in [1.29, 1.82) is 0 Å². The number of nitrogens with zero attached hydrogens (tertiary/aromatic N) is 4. The minimum atomic E-state index is -4.33. The van der Waals surface area contributed by atoms with Crippen molar-refractivity contribution < 1.29 is 22.8 Å². The second kappa shape index (κ2) is 10.3. The van der Waals surface area contributed by atoms with Gasteiger partial charge in [0.1, 0.15) is 11.4 Å². The number of benzene rings is 1. The van der Waals surface area contributed by atoms with E-state index in [2.05, 4.69) is 15.1 Å². The molecule has 0 unspecified atom stereocenters. The predicted octanol–water partition coefficient (Wildman–Crippen LogP) is 5.40. The van der Waals surface area contributed by atoms with Crippen LogP contribution in [-0.2, 0) is 22.7 Å². The summed E-state index contributed by atoms with van der Waals surface area (Å²) in [4.78, 5) is 25.8. The SMILES string of the molecule is O=C(CCC(F)(F)F)Cc1cccc(-c2cnc3cc(/C=N\OCc4ccccn4)ccn23)c1. The Balaban J connectivity index is 1.43. The average Bonchev–Trinajstić information content (AvgIpc) is 3.24. The van der Waals surface area contributed by atoms with Gasteiger partial charge in [-0.25, -0.2) is 4.98 Å². The molecule has 0 atom stereocenters. The summed E-state index contributed by atoms with van der Waals surface area (Å²) < 4.78 is 39.0. The van der Waals surface area contributed by atoms with Crippen LogP contribution in [-0.4, -0.2) is 32.5 Å². The molecule has 0 radical (unpaired) electrons. The van der Waals surface area contributed by atoms with Crippen molar-refractivity contribution in [3.8, 4) is 11.3 Å². The zero-order valence-corrected chi connectivity index (χ0v) is 18.1. The number of Topliss-reactive ketones (excluding diaryl/α,β-unsaturated/α-hetero) is 1. The molecule has 0 aliphatic heterocycles. The number of halogens is 3. The first-order valence-electron chi connectivity index (χ1n) is 10.6. The van der Waals surface area contributed by atoms with E-state index in [-0.39, 0.29) is 13.0 Å². The van der Waals surface area contributed by atoms with Gasteiger partial charge in [0.15, 0.2) is 6.61 Å². The minimum absolute atomic E-state index is 0.0419. The van der Waals surface area contributed by atoms with Gasteiger partial charge in [-0.05, 0) is 35.9 Å². The fraction of sp³-hybridized carbons (Fsp3) is 0.200. The number of pyridine rings is 2. The van der Waals surface area contributed by atoms with E-state index in [1.54, 1.807) is 36.8 Å². The quantitative estimate of drug-likeness (QED) is 0.245. The summed E-state index contributed by atoms with van der Waals surface area (Å²) in [5.41, 5.74) is 4.54. The van der Waals surface area contributed by atoms with Gasteiger partial charge in [-0.1, -0.05) is 29.4 Å². The highest BCUT2D eigenvalue weighted by molar-refractivity contribution is 5.82. The number of imidazole rings is 1. The Morgan fingerprint density at radius 3 is 2.76 bits per heavy atom. The van der Waals surface area contributed by atoms with Gasteiger partial charge in [0.2, 0.25) is 0 Å². The number of ketones is 1. The van der Waals surface area contributed by atoms with Crippen LogP contribution in [0.25, 0.3) is 16.9 Å². The first-order chi connectivity index (χ1) is 16.4. The van der Waals surface area contributed by atoms with E-state index < -0.39 is 24.8 Å². The largest absolute Gasteiger partial charge is 0.389 e. The third-order valence-electron chi connectivity index (χ3n) is 5.06. The van der Waals surface area contributed by atoms with E-state index in [0.29, 0.717) is 11.2 Å². The molecule has 174 valence electrons. The van der Waals surface area contributed by atoms with Crippen LogP contribution >= 0.6 is 0 Å². The molecule has 34 heavy (non-hydrogen) atoms. The summed E-state index contributed by atoms with van der Waals surface area (Å²) in [5.74, 6) is -0.443. The summed E-state index contributed by atoms with van der Waals surface area (Å²) in [7, 11) is 0. The Morgan fingerprint density at radius 2 is 1.97 bits per heavy atom. The molecular formula is C25H21F3N4O2. The number of rotatable bonds is 9. The molecule has 4 rings (SSSR count). The highest BCUT2D eigenvalue weighted by Crippen LogP contribution is 2.24. The molecule has 0 bridgehead atoms. The number of aromatic nitrogens is 3. The predicted molar refractivity (Wildman–Crippen MR) is 121 cm³/mol. The third-order valence-corrected chi connectivity index (χ3v) is 5.06. The second-order valence-electron chi connectivity index (χ2n) is 7.69. The van der Waals surface area contributed by atoms with Crippen molar-refractivity contribution >= 4 is 17.6 Å². The summed E-state index contributed by atoms with van der Waals surface area (Å²) in [6.07, 6.45) is 0.843.